The third-order valence-corrected chi connectivity index (χ3v) is 2.72. The molecule has 1 fully saturated rings. The van der Waals surface area contributed by atoms with Gasteiger partial charge in [0.05, 0.1) is 12.0 Å². The number of allylic oxidation sites excluding steroid dienone is 1. The van der Waals surface area contributed by atoms with Crippen molar-refractivity contribution >= 4 is 5.78 Å². The van der Waals surface area contributed by atoms with Gasteiger partial charge in [-0.15, -0.1) is 0 Å². The molecule has 2 rings (SSSR count). The van der Waals surface area contributed by atoms with Gasteiger partial charge in [0.2, 0.25) is 0 Å². The van der Waals surface area contributed by atoms with Gasteiger partial charge in [0.15, 0.2) is 0 Å². The van der Waals surface area contributed by atoms with Crippen LogP contribution >= 0.6 is 0 Å². The Hall–Kier alpha value is -0.630. The van der Waals surface area contributed by atoms with Crippen LogP contribution in [0.2, 0.25) is 0 Å². The smallest absolute Gasteiger partial charge is 0.145 e. The molecular formula is C9H12O2. The Morgan fingerprint density at radius 2 is 2.64 bits per heavy atom. The predicted octanol–water partition coefficient (Wildman–Crippen LogP) is 1.17. The fraction of sp³-hybridized carbons (Fsp3) is 0.667. The van der Waals surface area contributed by atoms with Crippen molar-refractivity contribution < 1.29 is 9.53 Å². The van der Waals surface area contributed by atoms with Crippen LogP contribution in [0, 0.1) is 11.3 Å². The summed E-state index contributed by atoms with van der Waals surface area (Å²) >= 11 is 0. The number of ether oxygens (including phenoxy) is 1. The minimum Gasteiger partial charge on any atom is -0.383 e. The first kappa shape index (κ1) is 7.04. The molecule has 0 radical (unpaired) electrons. The first-order valence-electron chi connectivity index (χ1n) is 3.98. The Bertz CT molecular complexity index is 220. The maximum atomic E-state index is 11.4. The monoisotopic (exact) mass is 152 g/mol. The summed E-state index contributed by atoms with van der Waals surface area (Å²) in [7, 11) is 1.65. The molecule has 2 heteroatoms. The molecule has 0 aliphatic heterocycles. The average Bonchev–Trinajstić information content (AvgIpc) is 2.45. The molecule has 0 saturated heterocycles. The van der Waals surface area contributed by atoms with Crippen LogP contribution in [0.1, 0.15) is 12.8 Å². The summed E-state index contributed by atoms with van der Waals surface area (Å²) in [5.41, 5.74) is -0.223. The Balaban J connectivity index is 2.23. The van der Waals surface area contributed by atoms with Gasteiger partial charge in [0.25, 0.3) is 0 Å². The van der Waals surface area contributed by atoms with Gasteiger partial charge < -0.3 is 4.74 Å². The Morgan fingerprint density at radius 3 is 3.09 bits per heavy atom. The van der Waals surface area contributed by atoms with E-state index in [9.17, 15) is 4.79 Å². The maximum absolute atomic E-state index is 11.4. The molecule has 2 nitrogen and oxygen atoms in total. The highest BCUT2D eigenvalue weighted by molar-refractivity contribution is 5.91. The van der Waals surface area contributed by atoms with Gasteiger partial charge in [0, 0.05) is 13.5 Å². The SMILES string of the molecule is COC[C@@]12C=C[C@@H](CC1=O)C2. The number of ketones is 1. The lowest BCUT2D eigenvalue weighted by molar-refractivity contribution is -0.125. The van der Waals surface area contributed by atoms with Crippen molar-refractivity contribution in [1.29, 1.82) is 0 Å². The molecule has 0 amide bonds. The van der Waals surface area contributed by atoms with E-state index in [2.05, 4.69) is 6.08 Å². The number of hydrogen-bond donors (Lipinski definition) is 0. The highest BCUT2D eigenvalue weighted by atomic mass is 16.5. The number of carbonyl (C=O) groups is 1. The van der Waals surface area contributed by atoms with E-state index in [0.29, 0.717) is 18.3 Å². The zero-order chi connectivity index (χ0) is 7.90. The molecule has 2 bridgehead atoms. The predicted molar refractivity (Wildman–Crippen MR) is 41.2 cm³/mol. The normalized spacial score (nSPS) is 40.5. The zero-order valence-electron chi connectivity index (χ0n) is 6.67. The maximum Gasteiger partial charge on any atom is 0.145 e. The molecule has 0 aromatic rings. The van der Waals surface area contributed by atoms with Crippen molar-refractivity contribution in [1.82, 2.24) is 0 Å². The summed E-state index contributed by atoms with van der Waals surface area (Å²) in [5, 5.41) is 0. The molecule has 2 aliphatic rings. The molecule has 2 aliphatic carbocycles. The van der Waals surface area contributed by atoms with Crippen LogP contribution < -0.4 is 0 Å². The lowest BCUT2D eigenvalue weighted by Gasteiger charge is -2.19. The summed E-state index contributed by atoms with van der Waals surface area (Å²) in [6, 6.07) is 0. The van der Waals surface area contributed by atoms with Crippen LogP contribution in [0.4, 0.5) is 0 Å². The average molecular weight is 152 g/mol. The van der Waals surface area contributed by atoms with Crippen LogP contribution in [-0.2, 0) is 9.53 Å². The van der Waals surface area contributed by atoms with E-state index in [4.69, 9.17) is 4.74 Å². The van der Waals surface area contributed by atoms with Crippen LogP contribution in [0.5, 0.6) is 0 Å². The number of Topliss-reactive ketones (excluding diaryl/α,β-unsaturated/α-hetero) is 1. The van der Waals surface area contributed by atoms with E-state index < -0.39 is 0 Å². The standard InChI is InChI=1S/C9H12O2/c1-11-6-9-3-2-7(5-9)4-8(9)10/h2-3,7H,4-6H2,1H3/t7-,9-/m0/s1. The third kappa shape index (κ3) is 0.857. The Kier molecular flexibility index (Phi) is 1.39. The molecule has 1 saturated carbocycles. The van der Waals surface area contributed by atoms with E-state index in [1.54, 1.807) is 7.11 Å². The van der Waals surface area contributed by atoms with Crippen molar-refractivity contribution in [3.8, 4) is 0 Å². The highest BCUT2D eigenvalue weighted by Gasteiger charge is 2.47. The minimum atomic E-state index is -0.223. The van der Waals surface area contributed by atoms with E-state index in [-0.39, 0.29) is 5.41 Å². The molecule has 0 unspecified atom stereocenters. The quantitative estimate of drug-likeness (QED) is 0.555. The van der Waals surface area contributed by atoms with E-state index in [1.807, 2.05) is 6.08 Å². The summed E-state index contributed by atoms with van der Waals surface area (Å²) in [4.78, 5) is 11.4. The number of hydrogen-bond acceptors (Lipinski definition) is 2. The van der Waals surface area contributed by atoms with E-state index in [1.165, 1.54) is 0 Å². The molecule has 0 heterocycles. The number of carbonyl (C=O) groups excluding carboxylic acids is 1. The summed E-state index contributed by atoms with van der Waals surface area (Å²) in [6.07, 6.45) is 5.91. The fourth-order valence-corrected chi connectivity index (χ4v) is 2.16. The van der Waals surface area contributed by atoms with Crippen molar-refractivity contribution in [2.24, 2.45) is 11.3 Å². The van der Waals surface area contributed by atoms with E-state index >= 15 is 0 Å². The second-order valence-corrected chi connectivity index (χ2v) is 3.54. The van der Waals surface area contributed by atoms with Gasteiger partial charge in [-0.3, -0.25) is 4.79 Å². The van der Waals surface area contributed by atoms with Crippen LogP contribution in [0.3, 0.4) is 0 Å². The van der Waals surface area contributed by atoms with Gasteiger partial charge in [-0.25, -0.2) is 0 Å². The molecule has 0 spiro atoms. The van der Waals surface area contributed by atoms with Crippen molar-refractivity contribution in [3.63, 3.8) is 0 Å². The lowest BCUT2D eigenvalue weighted by atomic mass is 9.88. The first-order chi connectivity index (χ1) is 5.27. The minimum absolute atomic E-state index is 0.223. The summed E-state index contributed by atoms with van der Waals surface area (Å²) < 4.78 is 5.04. The van der Waals surface area contributed by atoms with Crippen molar-refractivity contribution in [2.75, 3.05) is 13.7 Å². The summed E-state index contributed by atoms with van der Waals surface area (Å²) in [6.45, 7) is 0.568. The highest BCUT2D eigenvalue weighted by Crippen LogP contribution is 2.46. The summed E-state index contributed by atoms with van der Waals surface area (Å²) in [5.74, 6) is 0.879. The fourth-order valence-electron chi connectivity index (χ4n) is 2.16. The topological polar surface area (TPSA) is 26.3 Å². The molecular weight excluding hydrogens is 140 g/mol. The number of methoxy groups -OCH3 is 1. The van der Waals surface area contributed by atoms with Crippen molar-refractivity contribution in [3.05, 3.63) is 12.2 Å². The van der Waals surface area contributed by atoms with Gasteiger partial charge in [-0.2, -0.15) is 0 Å². The van der Waals surface area contributed by atoms with Crippen LogP contribution in [0.25, 0.3) is 0 Å². The second-order valence-electron chi connectivity index (χ2n) is 3.54. The molecule has 0 N–H and O–H groups in total. The second kappa shape index (κ2) is 2.18. The Labute approximate surface area is 66.2 Å². The zero-order valence-corrected chi connectivity index (χ0v) is 6.67. The van der Waals surface area contributed by atoms with Crippen molar-refractivity contribution in [2.45, 2.75) is 12.8 Å². The van der Waals surface area contributed by atoms with Gasteiger partial charge in [-0.1, -0.05) is 12.2 Å². The van der Waals surface area contributed by atoms with Gasteiger partial charge >= 0.3 is 0 Å². The lowest BCUT2D eigenvalue weighted by Crippen LogP contribution is -2.27. The van der Waals surface area contributed by atoms with E-state index in [0.717, 1.165) is 12.8 Å². The molecule has 0 aromatic carbocycles. The number of fused-ring (bicyclic) bond motifs is 2. The molecule has 60 valence electrons. The largest absolute Gasteiger partial charge is 0.383 e. The van der Waals surface area contributed by atoms with Crippen LogP contribution in [0.15, 0.2) is 12.2 Å². The molecule has 11 heavy (non-hydrogen) atoms. The van der Waals surface area contributed by atoms with Crippen LogP contribution in [-0.4, -0.2) is 19.5 Å². The Morgan fingerprint density at radius 1 is 1.82 bits per heavy atom. The first-order valence-corrected chi connectivity index (χ1v) is 3.98. The van der Waals surface area contributed by atoms with Gasteiger partial charge in [0.1, 0.15) is 5.78 Å². The third-order valence-electron chi connectivity index (χ3n) is 2.72. The number of rotatable bonds is 2. The molecule has 0 aromatic heterocycles. The van der Waals surface area contributed by atoms with Gasteiger partial charge in [-0.05, 0) is 12.3 Å². The molecule has 2 atom stereocenters.